The Hall–Kier alpha value is -2.34. The van der Waals surface area contributed by atoms with Crippen molar-refractivity contribution in [3.05, 3.63) is 63.1 Å². The second-order valence-corrected chi connectivity index (χ2v) is 6.31. The summed E-state index contributed by atoms with van der Waals surface area (Å²) in [5, 5.41) is 11.6. The van der Waals surface area contributed by atoms with Gasteiger partial charge in [-0.05, 0) is 64.7 Å². The lowest BCUT2D eigenvalue weighted by atomic mass is 10.1. The van der Waals surface area contributed by atoms with Gasteiger partial charge in [-0.3, -0.25) is 4.79 Å². The number of carboxylic acids is 1. The van der Waals surface area contributed by atoms with Crippen LogP contribution in [0, 0.1) is 13.8 Å². The Morgan fingerprint density at radius 3 is 2.42 bits per heavy atom. The Morgan fingerprint density at radius 1 is 1.17 bits per heavy atom. The molecule has 0 saturated carbocycles. The van der Waals surface area contributed by atoms with E-state index in [1.165, 1.54) is 12.1 Å². The first-order valence-electron chi connectivity index (χ1n) is 7.35. The van der Waals surface area contributed by atoms with Crippen LogP contribution >= 0.6 is 15.9 Å². The molecule has 2 rings (SSSR count). The van der Waals surface area contributed by atoms with Crippen molar-refractivity contribution in [3.63, 3.8) is 0 Å². The molecule has 0 bridgehead atoms. The molecule has 2 N–H and O–H groups in total. The number of halogens is 1. The summed E-state index contributed by atoms with van der Waals surface area (Å²) in [6, 6.07) is 10.3. The van der Waals surface area contributed by atoms with Crippen LogP contribution in [0.15, 0.2) is 40.9 Å². The first kappa shape index (κ1) is 18.0. The zero-order valence-electron chi connectivity index (χ0n) is 13.4. The lowest BCUT2D eigenvalue weighted by Crippen LogP contribution is -2.28. The summed E-state index contributed by atoms with van der Waals surface area (Å²) >= 11 is 3.44. The first-order chi connectivity index (χ1) is 11.4. The van der Waals surface area contributed by atoms with Crippen molar-refractivity contribution in [2.45, 2.75) is 20.4 Å². The fraction of sp³-hybridized carbons (Fsp3) is 0.222. The molecule has 1 amide bonds. The number of amides is 1. The van der Waals surface area contributed by atoms with Gasteiger partial charge < -0.3 is 15.2 Å². The van der Waals surface area contributed by atoms with E-state index in [0.717, 1.165) is 21.2 Å². The van der Waals surface area contributed by atoms with Crippen molar-refractivity contribution in [1.82, 2.24) is 5.32 Å². The minimum atomic E-state index is -0.974. The van der Waals surface area contributed by atoms with Crippen molar-refractivity contribution < 1.29 is 19.4 Å². The van der Waals surface area contributed by atoms with Gasteiger partial charge in [0.2, 0.25) is 0 Å². The third kappa shape index (κ3) is 4.83. The van der Waals surface area contributed by atoms with Crippen LogP contribution in [-0.2, 0) is 11.3 Å². The molecule has 0 atom stereocenters. The fourth-order valence-electron chi connectivity index (χ4n) is 2.24. The van der Waals surface area contributed by atoms with Crippen LogP contribution < -0.4 is 10.1 Å². The molecule has 24 heavy (non-hydrogen) atoms. The van der Waals surface area contributed by atoms with E-state index in [1.807, 2.05) is 26.0 Å². The van der Waals surface area contributed by atoms with E-state index in [2.05, 4.69) is 21.2 Å². The summed E-state index contributed by atoms with van der Waals surface area (Å²) in [4.78, 5) is 22.7. The molecule has 2 aromatic rings. The van der Waals surface area contributed by atoms with Gasteiger partial charge in [-0.15, -0.1) is 0 Å². The van der Waals surface area contributed by atoms with Gasteiger partial charge in [0.1, 0.15) is 5.75 Å². The van der Waals surface area contributed by atoms with Gasteiger partial charge in [-0.25, -0.2) is 4.79 Å². The summed E-state index contributed by atoms with van der Waals surface area (Å²) in [5.41, 5.74) is 3.11. The number of carboxylic acid groups (broad SMARTS) is 1. The maximum Gasteiger partial charge on any atom is 0.335 e. The van der Waals surface area contributed by atoms with Gasteiger partial charge >= 0.3 is 5.97 Å². The second kappa shape index (κ2) is 7.97. The standard InChI is InChI=1S/C18H18BrNO4/c1-11-7-12(2)17(15(19)8-11)24-10-16(21)20-9-13-3-5-14(6-4-13)18(22)23/h3-8H,9-10H2,1-2H3,(H,20,21)(H,22,23). The van der Waals surface area contributed by atoms with E-state index < -0.39 is 5.97 Å². The monoisotopic (exact) mass is 391 g/mol. The zero-order chi connectivity index (χ0) is 17.7. The number of carbonyl (C=O) groups is 2. The van der Waals surface area contributed by atoms with Gasteiger partial charge in [0.25, 0.3) is 5.91 Å². The predicted molar refractivity (Wildman–Crippen MR) is 94.4 cm³/mol. The quantitative estimate of drug-likeness (QED) is 0.790. The van der Waals surface area contributed by atoms with E-state index in [1.54, 1.807) is 12.1 Å². The molecule has 0 aromatic heterocycles. The van der Waals surface area contributed by atoms with Crippen LogP contribution in [0.3, 0.4) is 0 Å². The first-order valence-corrected chi connectivity index (χ1v) is 8.14. The molecule has 0 aliphatic rings. The maximum atomic E-state index is 11.9. The molecule has 0 aliphatic carbocycles. The molecule has 2 aromatic carbocycles. The zero-order valence-corrected chi connectivity index (χ0v) is 15.0. The van der Waals surface area contributed by atoms with Crippen molar-refractivity contribution in [1.29, 1.82) is 0 Å². The number of ether oxygens (including phenoxy) is 1. The van der Waals surface area contributed by atoms with E-state index in [9.17, 15) is 9.59 Å². The number of hydrogen-bond acceptors (Lipinski definition) is 3. The normalized spacial score (nSPS) is 10.3. The molecule has 0 aliphatic heterocycles. The van der Waals surface area contributed by atoms with Crippen LogP contribution in [0.25, 0.3) is 0 Å². The smallest absolute Gasteiger partial charge is 0.335 e. The molecule has 0 heterocycles. The van der Waals surface area contributed by atoms with Crippen LogP contribution in [0.4, 0.5) is 0 Å². The van der Waals surface area contributed by atoms with Crippen molar-refractivity contribution in [2.75, 3.05) is 6.61 Å². The number of aromatic carboxylic acids is 1. The molecule has 6 heteroatoms. The largest absolute Gasteiger partial charge is 0.482 e. The molecular formula is C18H18BrNO4. The highest BCUT2D eigenvalue weighted by Gasteiger charge is 2.09. The van der Waals surface area contributed by atoms with Gasteiger partial charge in [0, 0.05) is 6.54 Å². The van der Waals surface area contributed by atoms with Gasteiger partial charge in [-0.2, -0.15) is 0 Å². The number of hydrogen-bond donors (Lipinski definition) is 2. The lowest BCUT2D eigenvalue weighted by Gasteiger charge is -2.12. The summed E-state index contributed by atoms with van der Waals surface area (Å²) in [7, 11) is 0. The SMILES string of the molecule is Cc1cc(C)c(OCC(=O)NCc2ccc(C(=O)O)cc2)c(Br)c1. The van der Waals surface area contributed by atoms with E-state index in [-0.39, 0.29) is 18.1 Å². The molecule has 0 fully saturated rings. The minimum absolute atomic E-state index is 0.0876. The molecule has 5 nitrogen and oxygen atoms in total. The maximum absolute atomic E-state index is 11.9. The number of benzene rings is 2. The summed E-state index contributed by atoms with van der Waals surface area (Å²) in [5.74, 6) is -0.566. The topological polar surface area (TPSA) is 75.6 Å². The molecule has 126 valence electrons. The highest BCUT2D eigenvalue weighted by molar-refractivity contribution is 9.10. The number of nitrogens with one attached hydrogen (secondary N) is 1. The van der Waals surface area contributed by atoms with Crippen molar-refractivity contribution in [2.24, 2.45) is 0 Å². The Morgan fingerprint density at radius 2 is 1.83 bits per heavy atom. The van der Waals surface area contributed by atoms with Crippen LogP contribution in [0.5, 0.6) is 5.75 Å². The van der Waals surface area contributed by atoms with Crippen LogP contribution in [0.2, 0.25) is 0 Å². The summed E-state index contributed by atoms with van der Waals surface area (Å²) in [6.07, 6.45) is 0. The van der Waals surface area contributed by atoms with E-state index >= 15 is 0 Å². The minimum Gasteiger partial charge on any atom is -0.482 e. The third-order valence-electron chi connectivity index (χ3n) is 3.41. The van der Waals surface area contributed by atoms with Crippen LogP contribution in [0.1, 0.15) is 27.0 Å². The highest BCUT2D eigenvalue weighted by atomic mass is 79.9. The Labute approximate surface area is 148 Å². The Balaban J connectivity index is 1.87. The van der Waals surface area contributed by atoms with Crippen molar-refractivity contribution in [3.8, 4) is 5.75 Å². The highest BCUT2D eigenvalue weighted by Crippen LogP contribution is 2.30. The van der Waals surface area contributed by atoms with E-state index in [4.69, 9.17) is 9.84 Å². The molecule has 0 unspecified atom stereocenters. The number of carbonyl (C=O) groups excluding carboxylic acids is 1. The van der Waals surface area contributed by atoms with Gasteiger partial charge in [0.05, 0.1) is 10.0 Å². The van der Waals surface area contributed by atoms with Crippen LogP contribution in [-0.4, -0.2) is 23.6 Å². The lowest BCUT2D eigenvalue weighted by molar-refractivity contribution is -0.123. The number of rotatable bonds is 6. The Bertz CT molecular complexity index is 733. The Kier molecular flexibility index (Phi) is 5.98. The second-order valence-electron chi connectivity index (χ2n) is 5.46. The fourth-order valence-corrected chi connectivity index (χ4v) is 3.03. The summed E-state index contributed by atoms with van der Waals surface area (Å²) < 4.78 is 6.40. The molecule has 0 radical (unpaired) electrons. The van der Waals surface area contributed by atoms with Crippen molar-refractivity contribution >= 4 is 27.8 Å². The predicted octanol–water partition coefficient (Wildman–Crippen LogP) is 3.46. The average Bonchev–Trinajstić information content (AvgIpc) is 2.52. The average molecular weight is 392 g/mol. The van der Waals surface area contributed by atoms with Gasteiger partial charge in [0.15, 0.2) is 6.61 Å². The molecule has 0 saturated heterocycles. The number of aryl methyl sites for hydroxylation is 2. The summed E-state index contributed by atoms with van der Waals surface area (Å²) in [6.45, 7) is 4.14. The third-order valence-corrected chi connectivity index (χ3v) is 4.00. The molecular weight excluding hydrogens is 374 g/mol. The van der Waals surface area contributed by atoms with E-state index in [0.29, 0.717) is 12.3 Å². The van der Waals surface area contributed by atoms with Gasteiger partial charge in [-0.1, -0.05) is 18.2 Å². The molecule has 0 spiro atoms.